The third-order valence-electron chi connectivity index (χ3n) is 2.51. The molecule has 18 heavy (non-hydrogen) atoms. The maximum atomic E-state index is 13.5. The van der Waals surface area contributed by atoms with Gasteiger partial charge in [0, 0.05) is 11.8 Å². The van der Waals surface area contributed by atoms with Crippen molar-refractivity contribution in [3.63, 3.8) is 0 Å². The molecule has 1 rings (SSSR count). The Morgan fingerprint density at radius 3 is 2.72 bits per heavy atom. The van der Waals surface area contributed by atoms with Crippen molar-refractivity contribution in [1.29, 1.82) is 0 Å². The first-order valence-corrected chi connectivity index (χ1v) is 5.90. The van der Waals surface area contributed by atoms with Crippen LogP contribution in [0, 0.1) is 5.82 Å². The average molecular weight is 255 g/mol. The van der Waals surface area contributed by atoms with E-state index >= 15 is 0 Å². The van der Waals surface area contributed by atoms with Crippen molar-refractivity contribution in [2.45, 2.75) is 26.2 Å². The number of hydrogen-bond donors (Lipinski definition) is 1. The number of benzene rings is 1. The molecule has 4 nitrogen and oxygen atoms in total. The molecule has 2 N–H and O–H groups in total. The SMILES string of the molecule is CCCCCOc1cc(C(=O)OC)c(N)cc1F. The molecule has 0 amide bonds. The first-order chi connectivity index (χ1) is 8.60. The molecule has 0 unspecified atom stereocenters. The third kappa shape index (κ3) is 3.61. The molecule has 0 spiro atoms. The molecule has 0 saturated heterocycles. The highest BCUT2D eigenvalue weighted by Gasteiger charge is 2.15. The van der Waals surface area contributed by atoms with Crippen LogP contribution in [0.2, 0.25) is 0 Å². The number of carbonyl (C=O) groups is 1. The van der Waals surface area contributed by atoms with Crippen LogP contribution in [0.4, 0.5) is 10.1 Å². The van der Waals surface area contributed by atoms with Gasteiger partial charge in [0.1, 0.15) is 0 Å². The van der Waals surface area contributed by atoms with E-state index in [0.717, 1.165) is 25.3 Å². The van der Waals surface area contributed by atoms with Gasteiger partial charge < -0.3 is 15.2 Å². The van der Waals surface area contributed by atoms with E-state index < -0.39 is 11.8 Å². The zero-order chi connectivity index (χ0) is 13.5. The standard InChI is InChI=1S/C13H18FNO3/c1-3-4-5-6-18-12-7-9(13(16)17-2)11(15)8-10(12)14/h7-8H,3-6,15H2,1-2H3. The third-order valence-corrected chi connectivity index (χ3v) is 2.51. The summed E-state index contributed by atoms with van der Waals surface area (Å²) < 4.78 is 23.4. The Labute approximate surface area is 106 Å². The van der Waals surface area contributed by atoms with E-state index in [9.17, 15) is 9.18 Å². The molecule has 0 bridgehead atoms. The predicted molar refractivity (Wildman–Crippen MR) is 67.2 cm³/mol. The fourth-order valence-electron chi connectivity index (χ4n) is 1.50. The first-order valence-electron chi connectivity index (χ1n) is 5.90. The summed E-state index contributed by atoms with van der Waals surface area (Å²) in [5, 5.41) is 0. The zero-order valence-electron chi connectivity index (χ0n) is 10.7. The van der Waals surface area contributed by atoms with E-state index in [1.54, 1.807) is 0 Å². The van der Waals surface area contributed by atoms with E-state index in [2.05, 4.69) is 11.7 Å². The molecule has 0 fully saturated rings. The van der Waals surface area contributed by atoms with Gasteiger partial charge >= 0.3 is 5.97 Å². The number of carbonyl (C=O) groups excluding carboxylic acids is 1. The zero-order valence-corrected chi connectivity index (χ0v) is 10.7. The molecule has 0 saturated carbocycles. The van der Waals surface area contributed by atoms with Gasteiger partial charge in [-0.05, 0) is 12.5 Å². The lowest BCUT2D eigenvalue weighted by Crippen LogP contribution is -2.08. The molecule has 0 aliphatic carbocycles. The van der Waals surface area contributed by atoms with Crippen LogP contribution in [0.5, 0.6) is 5.75 Å². The molecule has 0 heterocycles. The summed E-state index contributed by atoms with van der Waals surface area (Å²) >= 11 is 0. The van der Waals surface area contributed by atoms with Crippen LogP contribution >= 0.6 is 0 Å². The van der Waals surface area contributed by atoms with Crippen molar-refractivity contribution in [3.05, 3.63) is 23.5 Å². The molecule has 1 aromatic rings. The number of unbranched alkanes of at least 4 members (excludes halogenated alkanes) is 2. The topological polar surface area (TPSA) is 61.5 Å². The van der Waals surface area contributed by atoms with E-state index in [1.165, 1.54) is 13.2 Å². The fourth-order valence-corrected chi connectivity index (χ4v) is 1.50. The molecule has 0 aromatic heterocycles. The lowest BCUT2D eigenvalue weighted by Gasteiger charge is -2.10. The highest BCUT2D eigenvalue weighted by molar-refractivity contribution is 5.95. The highest BCUT2D eigenvalue weighted by atomic mass is 19.1. The summed E-state index contributed by atoms with van der Waals surface area (Å²) in [4.78, 5) is 11.4. The van der Waals surface area contributed by atoms with Crippen LogP contribution in [0.15, 0.2) is 12.1 Å². The van der Waals surface area contributed by atoms with Crippen molar-refractivity contribution in [2.24, 2.45) is 0 Å². The molecule has 0 radical (unpaired) electrons. The molecule has 0 aliphatic rings. The number of nitrogens with two attached hydrogens (primary N) is 1. The van der Waals surface area contributed by atoms with Gasteiger partial charge in [-0.15, -0.1) is 0 Å². The van der Waals surface area contributed by atoms with Gasteiger partial charge in [-0.1, -0.05) is 19.8 Å². The van der Waals surface area contributed by atoms with Crippen LogP contribution in [-0.4, -0.2) is 19.7 Å². The second-order valence-corrected chi connectivity index (χ2v) is 3.92. The Bertz CT molecular complexity index is 421. The number of methoxy groups -OCH3 is 1. The normalized spacial score (nSPS) is 10.2. The van der Waals surface area contributed by atoms with Crippen molar-refractivity contribution in [2.75, 3.05) is 19.5 Å². The second-order valence-electron chi connectivity index (χ2n) is 3.92. The van der Waals surface area contributed by atoms with Crippen LogP contribution in [0.3, 0.4) is 0 Å². The van der Waals surface area contributed by atoms with Crippen LogP contribution in [0.25, 0.3) is 0 Å². The maximum absolute atomic E-state index is 13.5. The average Bonchev–Trinajstić information content (AvgIpc) is 2.36. The minimum atomic E-state index is -0.606. The number of esters is 1. The molecular weight excluding hydrogens is 237 g/mol. The number of nitrogen functional groups attached to an aromatic ring is 1. The second kappa shape index (κ2) is 6.83. The Balaban J connectivity index is 2.81. The maximum Gasteiger partial charge on any atom is 0.340 e. The van der Waals surface area contributed by atoms with E-state index in [4.69, 9.17) is 10.5 Å². The van der Waals surface area contributed by atoms with Crippen molar-refractivity contribution >= 4 is 11.7 Å². The quantitative estimate of drug-likeness (QED) is 0.482. The largest absolute Gasteiger partial charge is 0.490 e. The first kappa shape index (κ1) is 14.3. The lowest BCUT2D eigenvalue weighted by molar-refractivity contribution is 0.0601. The summed E-state index contributed by atoms with van der Waals surface area (Å²) in [7, 11) is 1.24. The van der Waals surface area contributed by atoms with Crippen LogP contribution in [-0.2, 0) is 4.74 Å². The highest BCUT2D eigenvalue weighted by Crippen LogP contribution is 2.25. The molecule has 0 atom stereocenters. The van der Waals surface area contributed by atoms with E-state index in [1.807, 2.05) is 0 Å². The van der Waals surface area contributed by atoms with Gasteiger partial charge in [0.05, 0.1) is 19.3 Å². The van der Waals surface area contributed by atoms with E-state index in [0.29, 0.717) is 6.61 Å². The summed E-state index contributed by atoms with van der Waals surface area (Å²) in [5.41, 5.74) is 5.70. The van der Waals surface area contributed by atoms with Gasteiger partial charge in [0.25, 0.3) is 0 Å². The molecule has 5 heteroatoms. The van der Waals surface area contributed by atoms with Crippen LogP contribution < -0.4 is 10.5 Å². The number of hydrogen-bond acceptors (Lipinski definition) is 4. The summed E-state index contributed by atoms with van der Waals surface area (Å²) in [5.74, 6) is -1.15. The Morgan fingerprint density at radius 1 is 1.39 bits per heavy atom. The van der Waals surface area contributed by atoms with Gasteiger partial charge in [-0.25, -0.2) is 9.18 Å². The number of rotatable bonds is 6. The van der Waals surface area contributed by atoms with Gasteiger partial charge in [-0.2, -0.15) is 0 Å². The summed E-state index contributed by atoms with van der Waals surface area (Å²) in [6, 6.07) is 2.35. The smallest absolute Gasteiger partial charge is 0.340 e. The molecular formula is C13H18FNO3. The van der Waals surface area contributed by atoms with Gasteiger partial charge in [0.2, 0.25) is 0 Å². The fraction of sp³-hybridized carbons (Fsp3) is 0.462. The number of anilines is 1. The Morgan fingerprint density at radius 2 is 2.11 bits per heavy atom. The lowest BCUT2D eigenvalue weighted by atomic mass is 10.1. The monoisotopic (exact) mass is 255 g/mol. The predicted octanol–water partition coefficient (Wildman–Crippen LogP) is 2.76. The Hall–Kier alpha value is -1.78. The van der Waals surface area contributed by atoms with Gasteiger partial charge in [-0.3, -0.25) is 0 Å². The molecule has 0 aliphatic heterocycles. The molecule has 100 valence electrons. The summed E-state index contributed by atoms with van der Waals surface area (Å²) in [6.45, 7) is 2.48. The van der Waals surface area contributed by atoms with Crippen LogP contribution in [0.1, 0.15) is 36.5 Å². The number of halogens is 1. The minimum Gasteiger partial charge on any atom is -0.490 e. The molecule has 1 aromatic carbocycles. The van der Waals surface area contributed by atoms with Crippen molar-refractivity contribution in [3.8, 4) is 5.75 Å². The number of ether oxygens (including phenoxy) is 2. The minimum absolute atomic E-state index is 0.0284. The van der Waals surface area contributed by atoms with Gasteiger partial charge in [0.15, 0.2) is 11.6 Å². The Kier molecular flexibility index (Phi) is 5.42. The van der Waals surface area contributed by atoms with E-state index in [-0.39, 0.29) is 17.0 Å². The van der Waals surface area contributed by atoms with Crippen molar-refractivity contribution < 1.29 is 18.7 Å². The summed E-state index contributed by atoms with van der Waals surface area (Å²) in [6.07, 6.45) is 2.91. The van der Waals surface area contributed by atoms with Crippen molar-refractivity contribution in [1.82, 2.24) is 0 Å².